The Bertz CT molecular complexity index is 1340. The third-order valence-corrected chi connectivity index (χ3v) is 9.99. The molecule has 0 amide bonds. The number of phosphoric ester groups is 1. The average molecular weight is 829 g/mol. The number of likely N-dealkylation sites (N-methyl/N-ethyl adjacent to an activating group) is 1. The molecule has 2 atom stereocenters. The van der Waals surface area contributed by atoms with E-state index in [-0.39, 0.29) is 25.8 Å². The Labute approximate surface area is 357 Å². The van der Waals surface area contributed by atoms with Crippen LogP contribution in [0.4, 0.5) is 0 Å². The molecular formula is C47H86NO8P. The summed E-state index contributed by atoms with van der Waals surface area (Å²) in [5.41, 5.74) is 0. The van der Waals surface area contributed by atoms with Gasteiger partial charge < -0.3 is 27.9 Å². The SMILES string of the molecule is [2H]C([2H])(OC(=O)CCCCCCCCCCCCCCCC)[C@@]([2H])(OC(=O)CCCCC/C=C/C/C=C/C/C=C/C/C=C/CCCCC)C([2H])([2H])OP(=O)([O-])OCC[N+](C)(C)C. The van der Waals surface area contributed by atoms with E-state index in [1.807, 2.05) is 6.08 Å². The minimum absolute atomic E-state index is 0.194. The number of nitrogens with zero attached hydrogens (tertiary/aromatic N) is 1. The molecule has 0 aliphatic carbocycles. The highest BCUT2D eigenvalue weighted by atomic mass is 31.2. The highest BCUT2D eigenvalue weighted by molar-refractivity contribution is 7.45. The van der Waals surface area contributed by atoms with E-state index < -0.39 is 45.6 Å². The first-order valence-corrected chi connectivity index (χ1v) is 23.8. The van der Waals surface area contributed by atoms with Gasteiger partial charge in [-0.15, -0.1) is 0 Å². The zero-order valence-electron chi connectivity index (χ0n) is 41.8. The molecule has 0 N–H and O–H groups in total. The summed E-state index contributed by atoms with van der Waals surface area (Å²) in [6.45, 7) is -3.29. The lowest BCUT2D eigenvalue weighted by molar-refractivity contribution is -0.870. The van der Waals surface area contributed by atoms with Crippen LogP contribution in [-0.2, 0) is 32.7 Å². The van der Waals surface area contributed by atoms with E-state index in [0.717, 1.165) is 64.2 Å². The number of phosphoric acid groups is 1. The maximum Gasteiger partial charge on any atom is 0.306 e. The normalized spacial score (nSPS) is 16.4. The molecule has 0 spiro atoms. The number of esters is 2. The summed E-state index contributed by atoms with van der Waals surface area (Å²) in [4.78, 5) is 38.5. The van der Waals surface area contributed by atoms with Crippen molar-refractivity contribution in [3.8, 4) is 0 Å². The molecule has 332 valence electrons. The van der Waals surface area contributed by atoms with Gasteiger partial charge in [0.1, 0.15) is 19.7 Å². The fraction of sp³-hybridized carbons (Fsp3) is 0.787. The minimum atomic E-state index is -5.52. The van der Waals surface area contributed by atoms with Crippen molar-refractivity contribution in [2.75, 3.05) is 47.4 Å². The van der Waals surface area contributed by atoms with E-state index in [0.29, 0.717) is 23.7 Å². The summed E-state index contributed by atoms with van der Waals surface area (Å²) < 4.78 is 74.9. The maximum absolute atomic E-state index is 13.0. The molecule has 1 unspecified atom stereocenters. The fourth-order valence-corrected chi connectivity index (χ4v) is 6.22. The van der Waals surface area contributed by atoms with Gasteiger partial charge in [-0.3, -0.25) is 14.2 Å². The van der Waals surface area contributed by atoms with Crippen LogP contribution in [0.2, 0.25) is 0 Å². The molecule has 0 heterocycles. The topological polar surface area (TPSA) is 111 Å². The van der Waals surface area contributed by atoms with Gasteiger partial charge in [0, 0.05) is 12.8 Å². The first kappa shape index (κ1) is 46.0. The predicted molar refractivity (Wildman–Crippen MR) is 236 cm³/mol. The molecule has 0 aliphatic heterocycles. The van der Waals surface area contributed by atoms with Gasteiger partial charge in [-0.1, -0.05) is 165 Å². The number of carbonyl (C=O) groups excluding carboxylic acids is 2. The summed E-state index contributed by atoms with van der Waals surface area (Å²) in [6, 6.07) is 0. The smallest absolute Gasteiger partial charge is 0.306 e. The number of rotatable bonds is 41. The standard InChI is InChI=1S/C47H86NO8P/c1-6-8-10-12-14-16-18-20-22-23-24-25-26-28-30-32-34-36-38-40-47(50)56-45(44-55-57(51,52)54-42-41-48(3,4)5)43-53-46(49)39-37-35-33-31-29-27-21-19-17-15-13-11-9-7-2/h14,16,20,22,24-25,28,30,45H,6-13,15,17-19,21,23,26-27,29,31-44H2,1-5H3/b16-14+,22-20+,25-24+,30-28+/t45-/m1/s1/i43D2,44D2,45D. The molecule has 0 aliphatic rings. The zero-order chi connectivity index (χ0) is 46.6. The summed E-state index contributed by atoms with van der Waals surface area (Å²) in [6.07, 6.45) is 38.2. The van der Waals surface area contributed by atoms with Gasteiger partial charge in [0.05, 0.1) is 34.6 Å². The van der Waals surface area contributed by atoms with Crippen LogP contribution in [-0.4, -0.2) is 69.9 Å². The Kier molecular flexibility index (Phi) is 31.9. The molecule has 0 rings (SSSR count). The van der Waals surface area contributed by atoms with Crippen molar-refractivity contribution in [1.29, 1.82) is 0 Å². The maximum atomic E-state index is 13.0. The molecule has 57 heavy (non-hydrogen) atoms. The molecule has 0 radical (unpaired) electrons. The minimum Gasteiger partial charge on any atom is -0.756 e. The van der Waals surface area contributed by atoms with Gasteiger partial charge in [0.25, 0.3) is 7.82 Å². The summed E-state index contributed by atoms with van der Waals surface area (Å²) in [5, 5.41) is 0. The molecule has 0 aromatic heterocycles. The third kappa shape index (κ3) is 43.4. The summed E-state index contributed by atoms with van der Waals surface area (Å²) >= 11 is 0. The molecule has 0 aromatic rings. The second-order valence-electron chi connectivity index (χ2n) is 15.9. The van der Waals surface area contributed by atoms with Crippen LogP contribution < -0.4 is 4.89 Å². The van der Waals surface area contributed by atoms with E-state index in [9.17, 15) is 19.0 Å². The van der Waals surface area contributed by atoms with Crippen molar-refractivity contribution >= 4 is 19.8 Å². The van der Waals surface area contributed by atoms with Crippen molar-refractivity contribution in [2.24, 2.45) is 0 Å². The van der Waals surface area contributed by atoms with Gasteiger partial charge in [-0.25, -0.2) is 0 Å². The monoisotopic (exact) mass is 829 g/mol. The van der Waals surface area contributed by atoms with Gasteiger partial charge in [0.2, 0.25) is 0 Å². The second-order valence-corrected chi connectivity index (χ2v) is 17.2. The highest BCUT2D eigenvalue weighted by Crippen LogP contribution is 2.38. The Morgan fingerprint density at radius 2 is 1.00 bits per heavy atom. The molecule has 0 saturated heterocycles. The lowest BCUT2D eigenvalue weighted by Gasteiger charge is -2.28. The molecule has 0 aromatic carbocycles. The van der Waals surface area contributed by atoms with Crippen molar-refractivity contribution in [2.45, 2.75) is 193 Å². The number of unbranched alkanes of at least 4 members (excludes halogenated alkanes) is 19. The number of ether oxygens (including phenoxy) is 2. The van der Waals surface area contributed by atoms with Gasteiger partial charge in [0.15, 0.2) is 6.08 Å². The van der Waals surface area contributed by atoms with Crippen molar-refractivity contribution < 1.29 is 48.9 Å². The fourth-order valence-electron chi connectivity index (χ4n) is 5.66. The van der Waals surface area contributed by atoms with Gasteiger partial charge >= 0.3 is 11.9 Å². The van der Waals surface area contributed by atoms with Crippen molar-refractivity contribution in [3.05, 3.63) is 48.6 Å². The Morgan fingerprint density at radius 1 is 0.596 bits per heavy atom. The average Bonchev–Trinajstić information content (AvgIpc) is 3.17. The lowest BCUT2D eigenvalue weighted by atomic mass is 10.0. The lowest BCUT2D eigenvalue weighted by Crippen LogP contribution is -2.37. The first-order valence-electron chi connectivity index (χ1n) is 24.8. The number of quaternary nitrogens is 1. The molecule has 0 bridgehead atoms. The van der Waals surface area contributed by atoms with E-state index in [1.54, 1.807) is 21.1 Å². The van der Waals surface area contributed by atoms with Crippen molar-refractivity contribution in [1.82, 2.24) is 0 Å². The van der Waals surface area contributed by atoms with Gasteiger partial charge in [-0.2, -0.15) is 0 Å². The molecular weight excluding hydrogens is 737 g/mol. The van der Waals surface area contributed by atoms with E-state index in [2.05, 4.69) is 60.9 Å². The Morgan fingerprint density at radius 3 is 1.49 bits per heavy atom. The van der Waals surface area contributed by atoms with Crippen LogP contribution in [0.3, 0.4) is 0 Å². The van der Waals surface area contributed by atoms with E-state index >= 15 is 0 Å². The summed E-state index contributed by atoms with van der Waals surface area (Å²) in [5.74, 6) is -2.26. The molecule has 0 fully saturated rings. The molecule has 9 nitrogen and oxygen atoms in total. The van der Waals surface area contributed by atoms with Gasteiger partial charge in [-0.05, 0) is 57.8 Å². The largest absolute Gasteiger partial charge is 0.756 e. The van der Waals surface area contributed by atoms with Crippen LogP contribution in [0.1, 0.15) is 194 Å². The van der Waals surface area contributed by atoms with Crippen LogP contribution >= 0.6 is 7.82 Å². The van der Waals surface area contributed by atoms with Crippen LogP contribution in [0.25, 0.3) is 0 Å². The van der Waals surface area contributed by atoms with Crippen LogP contribution in [0.15, 0.2) is 48.6 Å². The molecule has 10 heteroatoms. The quantitative estimate of drug-likeness (QED) is 0.0197. The Balaban J connectivity index is 5.08. The summed E-state index contributed by atoms with van der Waals surface area (Å²) in [7, 11) is -0.179. The van der Waals surface area contributed by atoms with Crippen LogP contribution in [0, 0.1) is 0 Å². The number of hydrogen-bond acceptors (Lipinski definition) is 8. The number of hydrogen-bond donors (Lipinski definition) is 0. The molecule has 0 saturated carbocycles. The number of allylic oxidation sites excluding steroid dienone is 8. The highest BCUT2D eigenvalue weighted by Gasteiger charge is 2.21. The second kappa shape index (κ2) is 39.4. The zero-order valence-corrected chi connectivity index (χ0v) is 37.7. The first-order chi connectivity index (χ1) is 29.3. The van der Waals surface area contributed by atoms with E-state index in [1.165, 1.54) is 70.6 Å². The Hall–Kier alpha value is -2.03. The predicted octanol–water partition coefficient (Wildman–Crippen LogP) is 12.4. The van der Waals surface area contributed by atoms with Crippen LogP contribution in [0.5, 0.6) is 0 Å². The number of carbonyl (C=O) groups is 2. The third-order valence-electron chi connectivity index (χ3n) is 9.18. The van der Waals surface area contributed by atoms with Crippen molar-refractivity contribution in [3.63, 3.8) is 0 Å². The van der Waals surface area contributed by atoms with E-state index in [4.69, 9.17) is 20.9 Å².